The van der Waals surface area contributed by atoms with E-state index in [4.69, 9.17) is 4.74 Å². The molecule has 2 aromatic rings. The summed E-state index contributed by atoms with van der Waals surface area (Å²) in [6, 6.07) is 1.64. The van der Waals surface area contributed by atoms with Crippen molar-refractivity contribution in [2.45, 2.75) is 64.6 Å². The highest BCUT2D eigenvalue weighted by Gasteiger charge is 2.56. The Hall–Kier alpha value is -2.24. The van der Waals surface area contributed by atoms with Crippen LogP contribution in [0.3, 0.4) is 0 Å². The summed E-state index contributed by atoms with van der Waals surface area (Å²) in [6.45, 7) is 10.5. The molecular formula is C20H30N6O4S. The van der Waals surface area contributed by atoms with Gasteiger partial charge < -0.3 is 9.64 Å². The first-order chi connectivity index (χ1) is 14.4. The molecule has 1 spiro atoms. The number of carbonyl (C=O) groups excluding carboxylic acids is 1. The molecule has 4 rings (SSSR count). The van der Waals surface area contributed by atoms with Gasteiger partial charge in [-0.15, -0.1) is 0 Å². The van der Waals surface area contributed by atoms with Crippen molar-refractivity contribution in [3.8, 4) is 0 Å². The van der Waals surface area contributed by atoms with Crippen LogP contribution in [0.4, 0.5) is 10.6 Å². The van der Waals surface area contributed by atoms with Crippen molar-refractivity contribution in [1.82, 2.24) is 23.6 Å². The SMILES string of the molecule is CC(C)NS(=O)(=O)N1CCN(c2ncnc3c2ccn3C(=O)OC(C)(C)C)CC12CC2. The zero-order chi connectivity index (χ0) is 22.6. The number of hydrogen-bond acceptors (Lipinski definition) is 7. The summed E-state index contributed by atoms with van der Waals surface area (Å²) < 4.78 is 36.8. The van der Waals surface area contributed by atoms with Gasteiger partial charge in [0.05, 0.1) is 10.9 Å². The molecule has 1 N–H and O–H groups in total. The van der Waals surface area contributed by atoms with Gasteiger partial charge in [-0.3, -0.25) is 0 Å². The number of fused-ring (bicyclic) bond motifs is 1. The van der Waals surface area contributed by atoms with Gasteiger partial charge in [-0.2, -0.15) is 17.4 Å². The molecule has 31 heavy (non-hydrogen) atoms. The van der Waals surface area contributed by atoms with Crippen LogP contribution in [0.2, 0.25) is 0 Å². The second kappa shape index (κ2) is 7.42. The summed E-state index contributed by atoms with van der Waals surface area (Å²) in [5.41, 5.74) is -0.557. The molecule has 0 bridgehead atoms. The molecule has 1 saturated carbocycles. The normalized spacial score (nSPS) is 19.4. The molecule has 1 aliphatic carbocycles. The van der Waals surface area contributed by atoms with E-state index in [2.05, 4.69) is 19.6 Å². The van der Waals surface area contributed by atoms with Crippen molar-refractivity contribution in [2.75, 3.05) is 24.5 Å². The highest BCUT2D eigenvalue weighted by Crippen LogP contribution is 2.46. The minimum Gasteiger partial charge on any atom is -0.443 e. The highest BCUT2D eigenvalue weighted by atomic mass is 32.2. The maximum absolute atomic E-state index is 12.8. The Balaban J connectivity index is 1.61. The third-order valence-electron chi connectivity index (χ3n) is 5.44. The molecular weight excluding hydrogens is 420 g/mol. The Morgan fingerprint density at radius 3 is 2.55 bits per heavy atom. The number of aromatic nitrogens is 3. The topological polar surface area (TPSA) is 110 Å². The summed E-state index contributed by atoms with van der Waals surface area (Å²) in [5, 5.41) is 0.737. The number of nitrogens with one attached hydrogen (secondary N) is 1. The van der Waals surface area contributed by atoms with Gasteiger partial charge in [0.1, 0.15) is 17.7 Å². The van der Waals surface area contributed by atoms with Crippen molar-refractivity contribution in [2.24, 2.45) is 0 Å². The predicted octanol–water partition coefficient (Wildman–Crippen LogP) is 2.11. The number of rotatable bonds is 4. The lowest BCUT2D eigenvalue weighted by atomic mass is 10.2. The summed E-state index contributed by atoms with van der Waals surface area (Å²) in [6.07, 6.45) is 4.20. The van der Waals surface area contributed by atoms with E-state index in [0.717, 1.165) is 18.2 Å². The van der Waals surface area contributed by atoms with Crippen LogP contribution in [0.1, 0.15) is 47.5 Å². The summed E-state index contributed by atoms with van der Waals surface area (Å²) in [7, 11) is -3.54. The quantitative estimate of drug-likeness (QED) is 0.760. The van der Waals surface area contributed by atoms with E-state index < -0.39 is 27.4 Å². The highest BCUT2D eigenvalue weighted by molar-refractivity contribution is 7.87. The Bertz CT molecular complexity index is 1100. The molecule has 0 atom stereocenters. The van der Waals surface area contributed by atoms with E-state index in [0.29, 0.717) is 31.1 Å². The van der Waals surface area contributed by atoms with E-state index in [1.165, 1.54) is 10.9 Å². The fraction of sp³-hybridized carbons (Fsp3) is 0.650. The van der Waals surface area contributed by atoms with Gasteiger partial charge in [0.25, 0.3) is 10.2 Å². The minimum absolute atomic E-state index is 0.159. The molecule has 1 saturated heterocycles. The minimum atomic E-state index is -3.54. The fourth-order valence-corrected chi connectivity index (χ4v) is 5.87. The van der Waals surface area contributed by atoms with Gasteiger partial charge in [0.2, 0.25) is 0 Å². The van der Waals surface area contributed by atoms with Crippen LogP contribution in [0, 0.1) is 0 Å². The number of nitrogens with zero attached hydrogens (tertiary/aromatic N) is 5. The lowest BCUT2D eigenvalue weighted by molar-refractivity contribution is 0.0543. The number of anilines is 1. The van der Waals surface area contributed by atoms with Crippen LogP contribution in [-0.4, -0.2) is 70.2 Å². The Morgan fingerprint density at radius 1 is 1.23 bits per heavy atom. The van der Waals surface area contributed by atoms with Crippen LogP contribution in [-0.2, 0) is 14.9 Å². The Morgan fingerprint density at radius 2 is 1.94 bits per heavy atom. The van der Waals surface area contributed by atoms with Gasteiger partial charge in [-0.25, -0.2) is 19.3 Å². The van der Waals surface area contributed by atoms with Crippen molar-refractivity contribution in [3.05, 3.63) is 18.6 Å². The van der Waals surface area contributed by atoms with Crippen LogP contribution < -0.4 is 9.62 Å². The smallest absolute Gasteiger partial charge is 0.420 e. The molecule has 0 radical (unpaired) electrons. The number of ether oxygens (including phenoxy) is 1. The molecule has 0 unspecified atom stereocenters. The Kier molecular flexibility index (Phi) is 5.26. The van der Waals surface area contributed by atoms with Crippen molar-refractivity contribution in [1.29, 1.82) is 0 Å². The van der Waals surface area contributed by atoms with Gasteiger partial charge in [-0.1, -0.05) is 0 Å². The molecule has 2 aliphatic rings. The second-order valence-corrected chi connectivity index (χ2v) is 11.2. The van der Waals surface area contributed by atoms with Gasteiger partial charge in [0, 0.05) is 31.9 Å². The van der Waals surface area contributed by atoms with Gasteiger partial charge >= 0.3 is 6.09 Å². The van der Waals surface area contributed by atoms with E-state index in [1.807, 2.05) is 34.6 Å². The van der Waals surface area contributed by atoms with E-state index >= 15 is 0 Å². The standard InChI is InChI=1S/C20H30N6O4S/c1-14(2)23-31(28,29)26-11-10-24(12-20(26)7-8-20)16-15-6-9-25(17(15)22-13-21-16)18(27)30-19(3,4)5/h6,9,13-14,23H,7-8,10-12H2,1-5H3. The zero-order valence-corrected chi connectivity index (χ0v) is 19.4. The number of hydrogen-bond donors (Lipinski definition) is 1. The van der Waals surface area contributed by atoms with Crippen molar-refractivity contribution < 1.29 is 17.9 Å². The lowest BCUT2D eigenvalue weighted by Crippen LogP contribution is -2.60. The molecule has 170 valence electrons. The Labute approximate surface area is 182 Å². The molecule has 10 nitrogen and oxygen atoms in total. The van der Waals surface area contributed by atoms with Crippen LogP contribution in [0.25, 0.3) is 11.0 Å². The number of piperazine rings is 1. The summed E-state index contributed by atoms with van der Waals surface area (Å²) in [4.78, 5) is 23.4. The van der Waals surface area contributed by atoms with E-state index in [1.54, 1.807) is 16.6 Å². The van der Waals surface area contributed by atoms with Gasteiger partial charge in [-0.05, 0) is 53.5 Å². The van der Waals surface area contributed by atoms with E-state index in [9.17, 15) is 13.2 Å². The maximum atomic E-state index is 12.8. The fourth-order valence-electron chi connectivity index (χ4n) is 4.08. The molecule has 2 fully saturated rings. The molecule has 0 aromatic carbocycles. The zero-order valence-electron chi connectivity index (χ0n) is 18.6. The van der Waals surface area contributed by atoms with Gasteiger partial charge in [0.15, 0.2) is 5.65 Å². The monoisotopic (exact) mass is 450 g/mol. The average Bonchev–Trinajstić information content (AvgIpc) is 3.24. The van der Waals surface area contributed by atoms with Crippen LogP contribution >= 0.6 is 0 Å². The maximum Gasteiger partial charge on any atom is 0.420 e. The average molecular weight is 451 g/mol. The van der Waals surface area contributed by atoms with E-state index in [-0.39, 0.29) is 6.04 Å². The number of carbonyl (C=O) groups is 1. The second-order valence-electron chi connectivity index (χ2n) is 9.60. The van der Waals surface area contributed by atoms with Crippen LogP contribution in [0.15, 0.2) is 18.6 Å². The molecule has 11 heteroatoms. The third-order valence-corrected chi connectivity index (χ3v) is 7.36. The molecule has 3 heterocycles. The molecule has 1 aliphatic heterocycles. The summed E-state index contributed by atoms with van der Waals surface area (Å²) >= 11 is 0. The van der Waals surface area contributed by atoms with Crippen LogP contribution in [0.5, 0.6) is 0 Å². The molecule has 2 aromatic heterocycles. The first-order valence-corrected chi connectivity index (χ1v) is 12.0. The molecule has 0 amide bonds. The first kappa shape index (κ1) is 22.0. The largest absolute Gasteiger partial charge is 0.443 e. The summed E-state index contributed by atoms with van der Waals surface area (Å²) in [5.74, 6) is 0.701. The predicted molar refractivity (Wildman–Crippen MR) is 117 cm³/mol. The first-order valence-electron chi connectivity index (χ1n) is 10.5. The lowest BCUT2D eigenvalue weighted by Gasteiger charge is -2.41. The van der Waals surface area contributed by atoms with Crippen molar-refractivity contribution >= 4 is 33.2 Å². The third kappa shape index (κ3) is 4.26. The van der Waals surface area contributed by atoms with Crippen molar-refractivity contribution in [3.63, 3.8) is 0 Å².